The highest BCUT2D eigenvalue weighted by Crippen LogP contribution is 2.29. The number of carbonyl (C=O) groups excluding carboxylic acids is 1. The van der Waals surface area contributed by atoms with Gasteiger partial charge in [0.25, 0.3) is 0 Å². The molecule has 2 aromatic rings. The summed E-state index contributed by atoms with van der Waals surface area (Å²) in [7, 11) is 4.33. The first-order valence-electron chi connectivity index (χ1n) is 8.49. The van der Waals surface area contributed by atoms with Crippen LogP contribution in [-0.4, -0.2) is 42.1 Å². The van der Waals surface area contributed by atoms with Crippen molar-refractivity contribution in [3.05, 3.63) is 35.0 Å². The van der Waals surface area contributed by atoms with Gasteiger partial charge in [0.1, 0.15) is 6.29 Å². The van der Waals surface area contributed by atoms with Crippen LogP contribution in [0.15, 0.2) is 18.2 Å². The maximum atomic E-state index is 11.2. The van der Waals surface area contributed by atoms with Crippen molar-refractivity contribution >= 4 is 17.2 Å². The van der Waals surface area contributed by atoms with E-state index in [9.17, 15) is 4.79 Å². The van der Waals surface area contributed by atoms with E-state index < -0.39 is 0 Å². The third kappa shape index (κ3) is 3.06. The second kappa shape index (κ2) is 6.85. The number of aryl methyl sites for hydroxylation is 1. The van der Waals surface area contributed by atoms with Gasteiger partial charge in [-0.2, -0.15) is 0 Å². The van der Waals surface area contributed by atoms with Crippen molar-refractivity contribution in [3.8, 4) is 0 Å². The van der Waals surface area contributed by atoms with E-state index in [0.29, 0.717) is 6.04 Å². The molecule has 0 saturated carbocycles. The van der Waals surface area contributed by atoms with Gasteiger partial charge in [0.2, 0.25) is 0 Å². The molecule has 4 heteroatoms. The first kappa shape index (κ1) is 16.2. The minimum absolute atomic E-state index is 0.581. The number of fused-ring (bicyclic) bond motifs is 1. The fourth-order valence-electron chi connectivity index (χ4n) is 3.80. The van der Waals surface area contributed by atoms with Gasteiger partial charge in [-0.05, 0) is 50.1 Å². The SMILES string of the molecule is CCc1c(CN(C)C2CCOCC2)c2cc(C=O)ccc2n1C. The van der Waals surface area contributed by atoms with Gasteiger partial charge in [-0.1, -0.05) is 6.92 Å². The molecule has 124 valence electrons. The molecule has 3 rings (SSSR count). The summed E-state index contributed by atoms with van der Waals surface area (Å²) >= 11 is 0. The molecule has 0 bridgehead atoms. The molecule has 2 heterocycles. The Bertz CT molecular complexity index is 699. The van der Waals surface area contributed by atoms with E-state index in [1.165, 1.54) is 22.2 Å². The second-order valence-electron chi connectivity index (χ2n) is 6.49. The maximum absolute atomic E-state index is 11.2. The Morgan fingerprint density at radius 3 is 2.74 bits per heavy atom. The van der Waals surface area contributed by atoms with Crippen LogP contribution in [0.4, 0.5) is 0 Å². The topological polar surface area (TPSA) is 34.5 Å². The quantitative estimate of drug-likeness (QED) is 0.795. The van der Waals surface area contributed by atoms with Crippen molar-refractivity contribution in [1.29, 1.82) is 0 Å². The minimum Gasteiger partial charge on any atom is -0.381 e. The lowest BCUT2D eigenvalue weighted by molar-refractivity contribution is 0.0407. The Labute approximate surface area is 138 Å². The van der Waals surface area contributed by atoms with Crippen LogP contribution < -0.4 is 0 Å². The molecule has 0 aliphatic carbocycles. The molecule has 1 saturated heterocycles. The number of rotatable bonds is 5. The van der Waals surface area contributed by atoms with Crippen LogP contribution in [0.3, 0.4) is 0 Å². The van der Waals surface area contributed by atoms with Crippen LogP contribution >= 0.6 is 0 Å². The lowest BCUT2D eigenvalue weighted by Gasteiger charge is -2.31. The largest absolute Gasteiger partial charge is 0.381 e. The van der Waals surface area contributed by atoms with Crippen LogP contribution in [0.2, 0.25) is 0 Å². The number of nitrogens with zero attached hydrogens (tertiary/aromatic N) is 2. The fourth-order valence-corrected chi connectivity index (χ4v) is 3.80. The summed E-state index contributed by atoms with van der Waals surface area (Å²) in [6, 6.07) is 6.59. The summed E-state index contributed by atoms with van der Waals surface area (Å²) in [5.74, 6) is 0. The number of carbonyl (C=O) groups is 1. The van der Waals surface area contributed by atoms with E-state index in [4.69, 9.17) is 4.74 Å². The first-order chi connectivity index (χ1) is 11.2. The first-order valence-corrected chi connectivity index (χ1v) is 8.49. The summed E-state index contributed by atoms with van der Waals surface area (Å²) in [5.41, 5.74) is 4.69. The van der Waals surface area contributed by atoms with Crippen molar-refractivity contribution in [2.45, 2.75) is 38.8 Å². The molecule has 4 nitrogen and oxygen atoms in total. The third-order valence-electron chi connectivity index (χ3n) is 5.15. The second-order valence-corrected chi connectivity index (χ2v) is 6.49. The zero-order chi connectivity index (χ0) is 16.4. The van der Waals surface area contributed by atoms with Crippen molar-refractivity contribution in [1.82, 2.24) is 9.47 Å². The fraction of sp³-hybridized carbons (Fsp3) is 0.526. The summed E-state index contributed by atoms with van der Waals surface area (Å²) in [6.45, 7) is 4.85. The highest BCUT2D eigenvalue weighted by atomic mass is 16.5. The molecule has 23 heavy (non-hydrogen) atoms. The number of aldehydes is 1. The van der Waals surface area contributed by atoms with Gasteiger partial charge in [-0.25, -0.2) is 0 Å². The summed E-state index contributed by atoms with van der Waals surface area (Å²) in [5, 5.41) is 1.22. The molecule has 0 unspecified atom stereocenters. The lowest BCUT2D eigenvalue weighted by atomic mass is 10.0. The van der Waals surface area contributed by atoms with E-state index >= 15 is 0 Å². The van der Waals surface area contributed by atoms with Gasteiger partial charge >= 0.3 is 0 Å². The Morgan fingerprint density at radius 1 is 1.35 bits per heavy atom. The highest BCUT2D eigenvalue weighted by molar-refractivity contribution is 5.91. The Morgan fingerprint density at radius 2 is 2.09 bits per heavy atom. The number of benzene rings is 1. The Balaban J connectivity index is 1.98. The normalized spacial score (nSPS) is 16.3. The van der Waals surface area contributed by atoms with Crippen LogP contribution in [0.5, 0.6) is 0 Å². The zero-order valence-electron chi connectivity index (χ0n) is 14.3. The molecule has 0 amide bonds. The molecule has 1 aromatic heterocycles. The van der Waals surface area contributed by atoms with Crippen LogP contribution in [0, 0.1) is 0 Å². The number of hydrogen-bond acceptors (Lipinski definition) is 3. The van der Waals surface area contributed by atoms with Gasteiger partial charge in [-0.3, -0.25) is 9.69 Å². The molecule has 1 aliphatic rings. The summed E-state index contributed by atoms with van der Waals surface area (Å²) in [4.78, 5) is 13.6. The predicted octanol–water partition coefficient (Wildman–Crippen LogP) is 3.16. The number of ether oxygens (including phenoxy) is 1. The maximum Gasteiger partial charge on any atom is 0.150 e. The molecule has 0 radical (unpaired) electrons. The summed E-state index contributed by atoms with van der Waals surface area (Å²) < 4.78 is 7.75. The predicted molar refractivity (Wildman–Crippen MR) is 93.0 cm³/mol. The van der Waals surface area contributed by atoms with Crippen molar-refractivity contribution in [3.63, 3.8) is 0 Å². The third-order valence-corrected chi connectivity index (χ3v) is 5.15. The van der Waals surface area contributed by atoms with Crippen molar-refractivity contribution < 1.29 is 9.53 Å². The van der Waals surface area contributed by atoms with E-state index in [1.807, 2.05) is 12.1 Å². The highest BCUT2D eigenvalue weighted by Gasteiger charge is 2.22. The van der Waals surface area contributed by atoms with Gasteiger partial charge < -0.3 is 9.30 Å². The number of hydrogen-bond donors (Lipinski definition) is 0. The van der Waals surface area contributed by atoms with E-state index in [1.54, 1.807) is 0 Å². The molecular formula is C19H26N2O2. The van der Waals surface area contributed by atoms with E-state index in [-0.39, 0.29) is 0 Å². The molecule has 0 spiro atoms. The minimum atomic E-state index is 0.581. The molecular weight excluding hydrogens is 288 g/mol. The summed E-state index contributed by atoms with van der Waals surface area (Å²) in [6.07, 6.45) is 4.13. The molecule has 0 N–H and O–H groups in total. The van der Waals surface area contributed by atoms with Crippen LogP contribution in [0.1, 0.15) is 41.4 Å². The van der Waals surface area contributed by atoms with Crippen LogP contribution in [0.25, 0.3) is 10.9 Å². The number of aromatic nitrogens is 1. The van der Waals surface area contributed by atoms with E-state index in [2.05, 4.69) is 36.6 Å². The average molecular weight is 314 g/mol. The standard InChI is InChI=1S/C19H26N2O2/c1-4-18-17(12-20(2)15-7-9-23-10-8-15)16-11-14(13-22)5-6-19(16)21(18)3/h5-6,11,13,15H,4,7-10,12H2,1-3H3. The smallest absolute Gasteiger partial charge is 0.150 e. The monoisotopic (exact) mass is 314 g/mol. The van der Waals surface area contributed by atoms with Gasteiger partial charge in [0, 0.05) is 55.0 Å². The Kier molecular flexibility index (Phi) is 4.83. The molecule has 1 aliphatic heterocycles. The van der Waals surface area contributed by atoms with Crippen molar-refractivity contribution in [2.75, 3.05) is 20.3 Å². The van der Waals surface area contributed by atoms with Gasteiger partial charge in [-0.15, -0.1) is 0 Å². The molecule has 0 atom stereocenters. The average Bonchev–Trinajstić information content (AvgIpc) is 2.86. The van der Waals surface area contributed by atoms with Crippen LogP contribution in [-0.2, 0) is 24.8 Å². The van der Waals surface area contributed by atoms with Gasteiger partial charge in [0.15, 0.2) is 0 Å². The van der Waals surface area contributed by atoms with E-state index in [0.717, 1.165) is 50.9 Å². The van der Waals surface area contributed by atoms with Gasteiger partial charge in [0.05, 0.1) is 0 Å². The Hall–Kier alpha value is -1.65. The molecule has 1 aromatic carbocycles. The zero-order valence-corrected chi connectivity index (χ0v) is 14.3. The lowest BCUT2D eigenvalue weighted by Crippen LogP contribution is -2.36. The molecule has 1 fully saturated rings. The van der Waals surface area contributed by atoms with Crippen molar-refractivity contribution in [2.24, 2.45) is 7.05 Å².